The lowest BCUT2D eigenvalue weighted by molar-refractivity contribution is 0.163. The van der Waals surface area contributed by atoms with Gasteiger partial charge < -0.3 is 11.1 Å². The van der Waals surface area contributed by atoms with Gasteiger partial charge in [0.25, 0.3) is 0 Å². The molecule has 0 saturated carbocycles. The molecular formula is C21H26N4OS. The van der Waals surface area contributed by atoms with E-state index in [1.165, 1.54) is 5.56 Å². The third-order valence-corrected chi connectivity index (χ3v) is 5.99. The average molecular weight is 383 g/mol. The highest BCUT2D eigenvalue weighted by Gasteiger charge is 2.48. The molecule has 1 heterocycles. The van der Waals surface area contributed by atoms with Crippen molar-refractivity contribution < 1.29 is 4.79 Å². The van der Waals surface area contributed by atoms with E-state index in [9.17, 15) is 4.79 Å². The van der Waals surface area contributed by atoms with Crippen LogP contribution in [-0.2, 0) is 4.87 Å². The summed E-state index contributed by atoms with van der Waals surface area (Å²) in [6, 6.07) is 18.1. The Bertz CT molecular complexity index is 824. The maximum absolute atomic E-state index is 12.9. The van der Waals surface area contributed by atoms with Gasteiger partial charge in [0.15, 0.2) is 0 Å². The third-order valence-electron chi connectivity index (χ3n) is 4.53. The van der Waals surface area contributed by atoms with Gasteiger partial charge in [-0.1, -0.05) is 65.9 Å². The van der Waals surface area contributed by atoms with Gasteiger partial charge in [-0.2, -0.15) is 10.1 Å². The molecule has 142 valence electrons. The first kappa shape index (κ1) is 19.5. The van der Waals surface area contributed by atoms with Gasteiger partial charge in [-0.25, -0.2) is 4.79 Å². The van der Waals surface area contributed by atoms with E-state index in [4.69, 9.17) is 10.8 Å². The Labute approximate surface area is 165 Å². The molecule has 5 nitrogen and oxygen atoms in total. The van der Waals surface area contributed by atoms with Gasteiger partial charge in [0.05, 0.1) is 0 Å². The van der Waals surface area contributed by atoms with Crippen molar-refractivity contribution in [1.29, 1.82) is 0 Å². The van der Waals surface area contributed by atoms with Crippen molar-refractivity contribution in [2.24, 2.45) is 10.8 Å². The van der Waals surface area contributed by atoms with Crippen LogP contribution < -0.4 is 11.1 Å². The average Bonchev–Trinajstić information content (AvgIpc) is 3.08. The number of rotatable bonds is 6. The molecule has 3 rings (SSSR count). The van der Waals surface area contributed by atoms with Gasteiger partial charge in [-0.05, 0) is 44.9 Å². The van der Waals surface area contributed by atoms with Crippen LogP contribution in [0.1, 0.15) is 36.5 Å². The second kappa shape index (κ2) is 8.59. The molecule has 0 aliphatic carbocycles. The van der Waals surface area contributed by atoms with Crippen molar-refractivity contribution in [3.05, 3.63) is 71.3 Å². The minimum atomic E-state index is -0.598. The summed E-state index contributed by atoms with van der Waals surface area (Å²) in [7, 11) is 0. The number of carbonyl (C=O) groups is 1. The lowest BCUT2D eigenvalue weighted by Gasteiger charge is -2.35. The monoisotopic (exact) mass is 382 g/mol. The maximum Gasteiger partial charge on any atom is 0.339 e. The molecule has 2 aromatic rings. The first-order valence-corrected chi connectivity index (χ1v) is 10.1. The molecule has 6 heteroatoms. The van der Waals surface area contributed by atoms with Gasteiger partial charge in [0.2, 0.25) is 0 Å². The van der Waals surface area contributed by atoms with E-state index < -0.39 is 4.87 Å². The van der Waals surface area contributed by atoms with Gasteiger partial charge in [0, 0.05) is 12.1 Å². The predicted octanol–water partition coefficient (Wildman–Crippen LogP) is 4.03. The Morgan fingerprint density at radius 3 is 2.67 bits per heavy atom. The number of amides is 2. The number of nitrogens with zero attached hydrogens (tertiary/aromatic N) is 2. The SMILES string of the molecule is CCNC(=O)N1N=C(c2cccc(C)c2)SC1(CCCN)c1ccccc1. The minimum absolute atomic E-state index is 0.187. The molecule has 0 radical (unpaired) electrons. The van der Waals surface area contributed by atoms with Crippen LogP contribution in [0.5, 0.6) is 0 Å². The molecule has 0 aromatic heterocycles. The van der Waals surface area contributed by atoms with Crippen molar-refractivity contribution >= 4 is 22.8 Å². The number of hydrazone groups is 1. The van der Waals surface area contributed by atoms with Gasteiger partial charge >= 0.3 is 6.03 Å². The van der Waals surface area contributed by atoms with Crippen molar-refractivity contribution in [2.45, 2.75) is 31.6 Å². The van der Waals surface area contributed by atoms with Gasteiger partial charge in [-0.15, -0.1) is 0 Å². The fourth-order valence-corrected chi connectivity index (χ4v) is 4.65. The number of hydrogen-bond acceptors (Lipinski definition) is 4. The molecule has 2 amide bonds. The normalized spacial score (nSPS) is 19.1. The number of thioether (sulfide) groups is 1. The van der Waals surface area contributed by atoms with Crippen LogP contribution >= 0.6 is 11.8 Å². The standard InChI is InChI=1S/C21H26N4OS/c1-3-23-20(26)25-21(13-8-14-22,18-11-5-4-6-12-18)27-19(24-25)17-10-7-9-16(2)15-17/h4-7,9-12,15H,3,8,13-14,22H2,1-2H3,(H,23,26). The largest absolute Gasteiger partial charge is 0.339 e. The molecule has 1 aliphatic heterocycles. The molecule has 27 heavy (non-hydrogen) atoms. The number of carbonyl (C=O) groups excluding carboxylic acids is 1. The summed E-state index contributed by atoms with van der Waals surface area (Å²) in [5, 5.41) is 10.1. The third kappa shape index (κ3) is 4.01. The number of benzene rings is 2. The van der Waals surface area contributed by atoms with E-state index in [2.05, 4.69) is 36.5 Å². The van der Waals surface area contributed by atoms with Gasteiger partial charge in [0.1, 0.15) is 9.91 Å². The number of aryl methyl sites for hydroxylation is 1. The van der Waals surface area contributed by atoms with Gasteiger partial charge in [-0.3, -0.25) is 0 Å². The molecule has 2 aromatic carbocycles. The lowest BCUT2D eigenvalue weighted by atomic mass is 10.0. The summed E-state index contributed by atoms with van der Waals surface area (Å²) in [5.74, 6) is 0. The summed E-state index contributed by atoms with van der Waals surface area (Å²) in [6.07, 6.45) is 1.53. The van der Waals surface area contributed by atoms with Crippen LogP contribution in [0.25, 0.3) is 0 Å². The minimum Gasteiger partial charge on any atom is -0.337 e. The zero-order valence-electron chi connectivity index (χ0n) is 15.8. The highest BCUT2D eigenvalue weighted by Crippen LogP contribution is 2.50. The summed E-state index contributed by atoms with van der Waals surface area (Å²) >= 11 is 1.63. The second-order valence-corrected chi connectivity index (χ2v) is 7.83. The van der Waals surface area contributed by atoms with Crippen LogP contribution in [0.3, 0.4) is 0 Å². The van der Waals surface area contributed by atoms with Crippen molar-refractivity contribution in [3.8, 4) is 0 Å². The molecule has 1 aliphatic rings. The number of nitrogens with two attached hydrogens (primary N) is 1. The fourth-order valence-electron chi connectivity index (χ4n) is 3.25. The molecule has 3 N–H and O–H groups in total. The Balaban J connectivity index is 2.08. The Morgan fingerprint density at radius 2 is 2.00 bits per heavy atom. The van der Waals surface area contributed by atoms with Crippen molar-refractivity contribution in [1.82, 2.24) is 10.3 Å². The molecule has 0 fully saturated rings. The number of hydrogen-bond donors (Lipinski definition) is 2. The van der Waals surface area contributed by atoms with E-state index in [1.54, 1.807) is 16.8 Å². The van der Waals surface area contributed by atoms with E-state index in [0.29, 0.717) is 13.1 Å². The van der Waals surface area contributed by atoms with Crippen molar-refractivity contribution in [3.63, 3.8) is 0 Å². The first-order valence-electron chi connectivity index (χ1n) is 9.29. The Morgan fingerprint density at radius 1 is 1.22 bits per heavy atom. The fraction of sp³-hybridized carbons (Fsp3) is 0.333. The van der Waals surface area contributed by atoms with Crippen LogP contribution in [-0.4, -0.2) is 29.2 Å². The molecule has 0 saturated heterocycles. The van der Waals surface area contributed by atoms with Crippen LogP contribution in [0.15, 0.2) is 59.7 Å². The molecule has 1 atom stereocenters. The highest BCUT2D eigenvalue weighted by atomic mass is 32.2. The molecule has 0 spiro atoms. The predicted molar refractivity (Wildman–Crippen MR) is 113 cm³/mol. The molecule has 0 bridgehead atoms. The van der Waals surface area contributed by atoms with Crippen LogP contribution in [0, 0.1) is 6.92 Å². The van der Waals surface area contributed by atoms with Crippen LogP contribution in [0.4, 0.5) is 4.79 Å². The highest BCUT2D eigenvalue weighted by molar-refractivity contribution is 8.15. The molecular weight excluding hydrogens is 356 g/mol. The zero-order valence-corrected chi connectivity index (χ0v) is 16.6. The maximum atomic E-state index is 12.9. The number of urea groups is 1. The summed E-state index contributed by atoms with van der Waals surface area (Å²) < 4.78 is 0. The summed E-state index contributed by atoms with van der Waals surface area (Å²) in [5.41, 5.74) is 9.07. The Kier molecular flexibility index (Phi) is 6.19. The van der Waals surface area contributed by atoms with E-state index in [0.717, 1.165) is 29.0 Å². The van der Waals surface area contributed by atoms with E-state index in [-0.39, 0.29) is 6.03 Å². The smallest absolute Gasteiger partial charge is 0.337 e. The lowest BCUT2D eigenvalue weighted by Crippen LogP contribution is -2.46. The molecule has 1 unspecified atom stereocenters. The second-order valence-electron chi connectivity index (χ2n) is 6.57. The summed E-state index contributed by atoms with van der Waals surface area (Å²) in [4.78, 5) is 12.3. The zero-order chi connectivity index (χ0) is 19.3. The quantitative estimate of drug-likeness (QED) is 0.792. The topological polar surface area (TPSA) is 70.7 Å². The Hall–Kier alpha value is -2.31. The van der Waals surface area contributed by atoms with E-state index >= 15 is 0 Å². The first-order chi connectivity index (χ1) is 13.1. The van der Waals surface area contributed by atoms with Crippen LogP contribution in [0.2, 0.25) is 0 Å². The summed E-state index contributed by atoms with van der Waals surface area (Å²) in [6.45, 7) is 5.09. The van der Waals surface area contributed by atoms with E-state index in [1.807, 2.05) is 37.3 Å². The van der Waals surface area contributed by atoms with Crippen molar-refractivity contribution in [2.75, 3.05) is 13.1 Å². The number of nitrogens with one attached hydrogen (secondary N) is 1.